The summed E-state index contributed by atoms with van der Waals surface area (Å²) in [5.74, 6) is -0.699. The van der Waals surface area contributed by atoms with Crippen molar-refractivity contribution in [2.24, 2.45) is 0 Å². The fraction of sp³-hybridized carbons (Fsp3) is 0.935. The number of hydrogen-bond donors (Lipinski definition) is 7. The molecule has 13 nitrogen and oxygen atoms in total. The van der Waals surface area contributed by atoms with E-state index in [1.807, 2.05) is 6.08 Å². The second-order valence-electron chi connectivity index (χ2n) is 17.2. The minimum absolute atomic E-state index is 0.248. The number of carbonyl (C=O) groups excluding carboxylic acids is 1. The maximum absolute atomic E-state index is 13.1. The smallest absolute Gasteiger partial charge is 0.394 e. The maximum Gasteiger partial charge on any atom is 0.397 e. The third-order valence-electron chi connectivity index (χ3n) is 11.7. The van der Waals surface area contributed by atoms with Crippen molar-refractivity contribution in [3.8, 4) is 0 Å². The number of aliphatic hydroxyl groups is 5. The summed E-state index contributed by atoms with van der Waals surface area (Å²) >= 11 is 0. The van der Waals surface area contributed by atoms with E-state index in [2.05, 4.69) is 23.3 Å². The van der Waals surface area contributed by atoms with Crippen LogP contribution in [0.15, 0.2) is 12.2 Å². The van der Waals surface area contributed by atoms with Crippen LogP contribution in [-0.2, 0) is 28.9 Å². The first-order chi connectivity index (χ1) is 28.9. The predicted octanol–water partition coefficient (Wildman–Crippen LogP) is 8.53. The van der Waals surface area contributed by atoms with Crippen molar-refractivity contribution in [1.29, 1.82) is 0 Å². The van der Waals surface area contributed by atoms with Crippen LogP contribution in [0, 0.1) is 0 Å². The molecule has 8 atom stereocenters. The van der Waals surface area contributed by atoms with E-state index < -0.39 is 78.5 Å². The zero-order chi connectivity index (χ0) is 44.3. The quantitative estimate of drug-likeness (QED) is 0.0175. The van der Waals surface area contributed by atoms with E-state index in [9.17, 15) is 43.3 Å². The van der Waals surface area contributed by atoms with Gasteiger partial charge in [-0.25, -0.2) is 4.18 Å². The van der Waals surface area contributed by atoms with E-state index in [-0.39, 0.29) is 6.42 Å². The molecule has 1 heterocycles. The van der Waals surface area contributed by atoms with E-state index in [1.165, 1.54) is 141 Å². The van der Waals surface area contributed by atoms with Gasteiger partial charge in [0, 0.05) is 0 Å². The first kappa shape index (κ1) is 56.8. The molecule has 7 N–H and O–H groups in total. The molecule has 14 heteroatoms. The van der Waals surface area contributed by atoms with Gasteiger partial charge in [-0.15, -0.1) is 0 Å². The molecule has 1 fully saturated rings. The number of allylic oxidation sites excluding steroid dienone is 1. The molecular weight excluding hydrogens is 791 g/mol. The molecule has 1 rings (SSSR count). The van der Waals surface area contributed by atoms with Gasteiger partial charge >= 0.3 is 10.4 Å². The average Bonchev–Trinajstić information content (AvgIpc) is 3.22. The van der Waals surface area contributed by atoms with Crippen LogP contribution in [0.5, 0.6) is 0 Å². The van der Waals surface area contributed by atoms with Crippen LogP contribution in [0.4, 0.5) is 0 Å². The highest BCUT2D eigenvalue weighted by atomic mass is 32.3. The Balaban J connectivity index is 2.57. The van der Waals surface area contributed by atoms with Crippen LogP contribution in [-0.4, -0.2) is 107 Å². The summed E-state index contributed by atoms with van der Waals surface area (Å²) in [5.41, 5.74) is 0. The Kier molecular flexibility index (Phi) is 35.2. The third-order valence-corrected chi connectivity index (χ3v) is 12.1. The summed E-state index contributed by atoms with van der Waals surface area (Å²) in [5, 5.41) is 55.2. The van der Waals surface area contributed by atoms with Crippen LogP contribution in [0.2, 0.25) is 0 Å². The molecule has 356 valence electrons. The lowest BCUT2D eigenvalue weighted by molar-refractivity contribution is -0.298. The molecular formula is C46H89NO12S. The standard InChI is InChI=1S/C46H89NO12S/c1-3-5-7-9-11-13-15-17-19-21-22-24-26-28-30-32-34-39(49)38(37-57-46-43(52)44(59-60(54,55)56)42(51)41(36-48)58-46)47-45(53)40(50)35-33-31-29-27-25-23-20-18-16-14-12-10-8-6-4-2/h32,34,38-44,46,48-52H,3-31,33,35-37H2,1-2H3,(H,47,53)(H,54,55,56)/b34-32+. The largest absolute Gasteiger partial charge is 0.397 e. The minimum Gasteiger partial charge on any atom is -0.394 e. The Morgan fingerprint density at radius 2 is 1.08 bits per heavy atom. The van der Waals surface area contributed by atoms with Crippen molar-refractivity contribution in [2.45, 2.75) is 262 Å². The number of carbonyl (C=O) groups is 1. The van der Waals surface area contributed by atoms with E-state index in [4.69, 9.17) is 9.47 Å². The van der Waals surface area contributed by atoms with Gasteiger partial charge in [-0.1, -0.05) is 206 Å². The van der Waals surface area contributed by atoms with E-state index in [0.29, 0.717) is 12.8 Å². The van der Waals surface area contributed by atoms with Crippen LogP contribution < -0.4 is 5.32 Å². The first-order valence-corrected chi connectivity index (χ1v) is 25.5. The lowest BCUT2D eigenvalue weighted by Gasteiger charge is -2.41. The van der Waals surface area contributed by atoms with Crippen molar-refractivity contribution in [2.75, 3.05) is 13.2 Å². The van der Waals surface area contributed by atoms with Crippen LogP contribution in [0.1, 0.15) is 213 Å². The zero-order valence-corrected chi connectivity index (χ0v) is 38.5. The zero-order valence-electron chi connectivity index (χ0n) is 37.6. The molecule has 60 heavy (non-hydrogen) atoms. The molecule has 0 aromatic carbocycles. The van der Waals surface area contributed by atoms with Gasteiger partial charge in [-0.3, -0.25) is 9.35 Å². The van der Waals surface area contributed by atoms with Gasteiger partial charge in [0.1, 0.15) is 30.5 Å². The Morgan fingerprint density at radius 3 is 1.50 bits per heavy atom. The Bertz CT molecular complexity index is 1140. The number of amides is 1. The Hall–Kier alpha value is -1.20. The van der Waals surface area contributed by atoms with E-state index in [1.54, 1.807) is 6.08 Å². The van der Waals surface area contributed by atoms with Gasteiger partial charge in [-0.05, 0) is 19.3 Å². The highest BCUT2D eigenvalue weighted by Crippen LogP contribution is 2.26. The molecule has 0 bridgehead atoms. The summed E-state index contributed by atoms with van der Waals surface area (Å²) in [7, 11) is -5.11. The lowest BCUT2D eigenvalue weighted by Crippen LogP contribution is -2.61. The number of hydrogen-bond acceptors (Lipinski definition) is 11. The van der Waals surface area contributed by atoms with Crippen molar-refractivity contribution in [3.05, 3.63) is 12.2 Å². The van der Waals surface area contributed by atoms with Gasteiger partial charge in [0.05, 0.1) is 25.4 Å². The van der Waals surface area contributed by atoms with Crippen molar-refractivity contribution in [3.63, 3.8) is 0 Å². The summed E-state index contributed by atoms with van der Waals surface area (Å²) in [4.78, 5) is 13.1. The van der Waals surface area contributed by atoms with Crippen LogP contribution >= 0.6 is 0 Å². The number of aliphatic hydroxyl groups excluding tert-OH is 5. The van der Waals surface area contributed by atoms with E-state index >= 15 is 0 Å². The van der Waals surface area contributed by atoms with Crippen LogP contribution in [0.25, 0.3) is 0 Å². The van der Waals surface area contributed by atoms with Crippen molar-refractivity contribution >= 4 is 16.3 Å². The summed E-state index contributed by atoms with van der Waals surface area (Å²) in [6.45, 7) is 3.23. The molecule has 1 aliphatic heterocycles. The highest BCUT2D eigenvalue weighted by molar-refractivity contribution is 7.80. The molecule has 0 spiro atoms. The van der Waals surface area contributed by atoms with Crippen molar-refractivity contribution < 1.29 is 57.0 Å². The predicted molar refractivity (Wildman–Crippen MR) is 238 cm³/mol. The van der Waals surface area contributed by atoms with Crippen molar-refractivity contribution in [1.82, 2.24) is 5.32 Å². The monoisotopic (exact) mass is 880 g/mol. The average molecular weight is 880 g/mol. The molecule has 1 saturated heterocycles. The topological polar surface area (TPSA) is 212 Å². The molecule has 8 unspecified atom stereocenters. The molecule has 0 saturated carbocycles. The van der Waals surface area contributed by atoms with Gasteiger partial charge in [0.25, 0.3) is 0 Å². The van der Waals surface area contributed by atoms with Gasteiger partial charge in [0.2, 0.25) is 5.91 Å². The number of nitrogens with one attached hydrogen (secondary N) is 1. The van der Waals surface area contributed by atoms with E-state index in [0.717, 1.165) is 38.5 Å². The number of ether oxygens (including phenoxy) is 2. The summed E-state index contributed by atoms with van der Waals surface area (Å²) in [6, 6.07) is -1.11. The molecule has 0 aromatic rings. The fourth-order valence-corrected chi connectivity index (χ4v) is 8.32. The van der Waals surface area contributed by atoms with Gasteiger partial charge in [0.15, 0.2) is 6.29 Å². The Labute approximate surface area is 364 Å². The molecule has 1 aliphatic rings. The maximum atomic E-state index is 13.1. The first-order valence-electron chi connectivity index (χ1n) is 24.2. The molecule has 1 amide bonds. The minimum atomic E-state index is -5.11. The normalized spacial score (nSPS) is 21.4. The summed E-state index contributed by atoms with van der Waals surface area (Å²) in [6.07, 6.45) is 28.6. The second-order valence-corrected chi connectivity index (χ2v) is 18.2. The molecule has 0 radical (unpaired) electrons. The number of rotatable bonds is 41. The SMILES string of the molecule is CCCCCCCCCCCCCCCC/C=C/C(O)C(COC1OC(CO)C(O)C(OS(=O)(=O)O)C1O)NC(=O)C(O)CCCCCCCCCCCCCCCCC. The highest BCUT2D eigenvalue weighted by Gasteiger charge is 2.48. The van der Waals surface area contributed by atoms with Gasteiger partial charge in [-0.2, -0.15) is 8.42 Å². The van der Waals surface area contributed by atoms with Crippen LogP contribution in [0.3, 0.4) is 0 Å². The summed E-state index contributed by atoms with van der Waals surface area (Å²) < 4.78 is 47.5. The number of unbranched alkanes of at least 4 members (excludes halogenated alkanes) is 28. The lowest BCUT2D eigenvalue weighted by atomic mass is 9.99. The third kappa shape index (κ3) is 29.2. The van der Waals surface area contributed by atoms with Gasteiger partial charge < -0.3 is 40.3 Å². The fourth-order valence-electron chi connectivity index (χ4n) is 7.81. The molecule has 0 aliphatic carbocycles. The second kappa shape index (κ2) is 37.2. The Morgan fingerprint density at radius 1 is 0.667 bits per heavy atom. The molecule has 0 aromatic heterocycles.